The molecule has 4 N–H and O–H groups in total. The second-order valence-corrected chi connectivity index (χ2v) is 7.04. The second kappa shape index (κ2) is 10.5. The third-order valence-electron chi connectivity index (χ3n) is 3.44. The molecule has 0 aliphatic rings. The van der Waals surface area contributed by atoms with Gasteiger partial charge in [0.25, 0.3) is 0 Å². The second-order valence-electron chi connectivity index (χ2n) is 5.48. The molecule has 0 aliphatic carbocycles. The Morgan fingerprint density at radius 3 is 2.56 bits per heavy atom. The number of nitrogens with one attached hydrogen (secondary N) is 2. The van der Waals surface area contributed by atoms with Gasteiger partial charge in [-0.05, 0) is 42.8 Å². The third-order valence-corrected chi connectivity index (χ3v) is 4.36. The number of primary sulfonamides is 1. The van der Waals surface area contributed by atoms with Gasteiger partial charge < -0.3 is 10.6 Å². The van der Waals surface area contributed by atoms with Gasteiger partial charge >= 0.3 is 0 Å². The van der Waals surface area contributed by atoms with Crippen molar-refractivity contribution in [2.24, 2.45) is 10.1 Å². The van der Waals surface area contributed by atoms with Crippen molar-refractivity contribution in [2.45, 2.75) is 24.9 Å². The molecule has 0 bridgehead atoms. The van der Waals surface area contributed by atoms with E-state index < -0.39 is 21.7 Å². The molecule has 0 saturated heterocycles. The van der Waals surface area contributed by atoms with Crippen molar-refractivity contribution in [1.29, 1.82) is 0 Å². The maximum absolute atomic E-state index is 13.7. The lowest BCUT2D eigenvalue weighted by Crippen LogP contribution is -2.37. The molecule has 2 aromatic carbocycles. The van der Waals surface area contributed by atoms with E-state index in [1.807, 2.05) is 6.92 Å². The van der Waals surface area contributed by atoms with Gasteiger partial charge in [-0.2, -0.15) is 0 Å². The number of nitrogens with two attached hydrogens (primary N) is 1. The third kappa shape index (κ3) is 7.39. The van der Waals surface area contributed by atoms with E-state index in [0.29, 0.717) is 18.1 Å². The van der Waals surface area contributed by atoms with Gasteiger partial charge in [0.05, 0.1) is 11.4 Å². The van der Waals surface area contributed by atoms with Crippen molar-refractivity contribution in [3.05, 3.63) is 65.2 Å². The zero-order valence-electron chi connectivity index (χ0n) is 14.6. The fourth-order valence-electron chi connectivity index (χ4n) is 2.19. The van der Waals surface area contributed by atoms with E-state index in [0.717, 1.165) is 18.2 Å². The lowest BCUT2D eigenvalue weighted by Gasteiger charge is -2.12. The lowest BCUT2D eigenvalue weighted by atomic mass is 10.2. The van der Waals surface area contributed by atoms with Crippen molar-refractivity contribution in [2.75, 3.05) is 6.54 Å². The van der Waals surface area contributed by atoms with E-state index in [4.69, 9.17) is 5.14 Å². The number of nitrogens with zero attached hydrogens (tertiary/aromatic N) is 1. The Labute approximate surface area is 174 Å². The Kier molecular flexibility index (Phi) is 9.06. The van der Waals surface area contributed by atoms with Crippen LogP contribution in [0.3, 0.4) is 0 Å². The summed E-state index contributed by atoms with van der Waals surface area (Å²) in [6.45, 7) is 2.66. The number of hydrogen-bond donors (Lipinski definition) is 3. The molecule has 0 amide bonds. The number of aliphatic imine (C=N–C) groups is 1. The summed E-state index contributed by atoms with van der Waals surface area (Å²) in [4.78, 5) is 4.32. The van der Waals surface area contributed by atoms with Gasteiger partial charge in [-0.25, -0.2) is 27.3 Å². The molecule has 0 radical (unpaired) electrons. The van der Waals surface area contributed by atoms with Crippen LogP contribution in [0, 0.1) is 11.6 Å². The molecule has 0 spiro atoms. The van der Waals surface area contributed by atoms with Gasteiger partial charge in [0, 0.05) is 18.7 Å². The Bertz CT molecular complexity index is 908. The highest BCUT2D eigenvalue weighted by Gasteiger charge is 2.08. The standard InChI is InChI=1S/C17H20F2N4O2S.HI/c1-2-21-17(23-11-13-9-14(18)6-7-16(13)19)22-10-12-4-3-5-15(8-12)26(20,24)25;/h3-9H,2,10-11H2,1H3,(H2,20,24,25)(H2,21,22,23);1H. The van der Waals surface area contributed by atoms with Crippen LogP contribution in [0.1, 0.15) is 18.1 Å². The van der Waals surface area contributed by atoms with Crippen LogP contribution in [-0.2, 0) is 23.1 Å². The molecule has 0 aromatic heterocycles. The highest BCUT2D eigenvalue weighted by molar-refractivity contribution is 14.0. The minimum absolute atomic E-state index is 0. The molecular weight excluding hydrogens is 489 g/mol. The molecule has 0 unspecified atom stereocenters. The maximum atomic E-state index is 13.7. The predicted molar refractivity (Wildman–Crippen MR) is 111 cm³/mol. The van der Waals surface area contributed by atoms with Crippen molar-refractivity contribution in [1.82, 2.24) is 10.6 Å². The zero-order valence-corrected chi connectivity index (χ0v) is 17.7. The van der Waals surface area contributed by atoms with E-state index in [1.165, 1.54) is 12.1 Å². The van der Waals surface area contributed by atoms with E-state index in [-0.39, 0.29) is 47.5 Å². The first-order valence-corrected chi connectivity index (χ1v) is 9.42. The molecule has 6 nitrogen and oxygen atoms in total. The summed E-state index contributed by atoms with van der Waals surface area (Å²) >= 11 is 0. The van der Waals surface area contributed by atoms with Crippen LogP contribution in [0.2, 0.25) is 0 Å². The van der Waals surface area contributed by atoms with Crippen LogP contribution >= 0.6 is 24.0 Å². The number of rotatable bonds is 6. The minimum Gasteiger partial charge on any atom is -0.357 e. The van der Waals surface area contributed by atoms with E-state index in [9.17, 15) is 17.2 Å². The molecule has 27 heavy (non-hydrogen) atoms. The van der Waals surface area contributed by atoms with Crippen molar-refractivity contribution in [3.63, 3.8) is 0 Å². The zero-order chi connectivity index (χ0) is 19.2. The van der Waals surface area contributed by atoms with Crippen molar-refractivity contribution < 1.29 is 17.2 Å². The van der Waals surface area contributed by atoms with Crippen molar-refractivity contribution >= 4 is 40.0 Å². The molecule has 148 valence electrons. The van der Waals surface area contributed by atoms with E-state index >= 15 is 0 Å². The fourth-order valence-corrected chi connectivity index (χ4v) is 2.77. The Morgan fingerprint density at radius 1 is 1.15 bits per heavy atom. The fraction of sp³-hybridized carbons (Fsp3) is 0.235. The highest BCUT2D eigenvalue weighted by Crippen LogP contribution is 2.11. The largest absolute Gasteiger partial charge is 0.357 e. The molecule has 0 atom stereocenters. The van der Waals surface area contributed by atoms with Gasteiger partial charge in [-0.15, -0.1) is 24.0 Å². The topological polar surface area (TPSA) is 96.6 Å². The molecule has 0 aliphatic heterocycles. The average molecular weight is 510 g/mol. The maximum Gasteiger partial charge on any atom is 0.238 e. The van der Waals surface area contributed by atoms with Gasteiger partial charge in [-0.3, -0.25) is 0 Å². The summed E-state index contributed by atoms with van der Waals surface area (Å²) in [6.07, 6.45) is 0. The predicted octanol–water partition coefficient (Wildman–Crippen LogP) is 2.49. The number of guanidine groups is 1. The highest BCUT2D eigenvalue weighted by atomic mass is 127. The van der Waals surface area contributed by atoms with Gasteiger partial charge in [0.1, 0.15) is 11.6 Å². The van der Waals surface area contributed by atoms with Gasteiger partial charge in [0.2, 0.25) is 10.0 Å². The van der Waals surface area contributed by atoms with Crippen LogP contribution < -0.4 is 15.8 Å². The smallest absolute Gasteiger partial charge is 0.238 e. The summed E-state index contributed by atoms with van der Waals surface area (Å²) in [5, 5.41) is 11.0. The van der Waals surface area contributed by atoms with E-state index in [1.54, 1.807) is 12.1 Å². The molecule has 2 rings (SSSR count). The number of benzene rings is 2. The molecule has 0 saturated carbocycles. The molecular formula is C17H21F2IN4O2S. The lowest BCUT2D eigenvalue weighted by molar-refractivity contribution is 0.581. The number of hydrogen-bond acceptors (Lipinski definition) is 3. The van der Waals surface area contributed by atoms with Gasteiger partial charge in [0.15, 0.2) is 5.96 Å². The molecule has 2 aromatic rings. The first-order chi connectivity index (χ1) is 12.3. The normalized spacial score (nSPS) is 11.6. The van der Waals surface area contributed by atoms with Crippen molar-refractivity contribution in [3.8, 4) is 0 Å². The summed E-state index contributed by atoms with van der Waals surface area (Å²) in [7, 11) is -3.79. The minimum atomic E-state index is -3.79. The van der Waals surface area contributed by atoms with Crippen LogP contribution in [-0.4, -0.2) is 20.9 Å². The Morgan fingerprint density at radius 2 is 1.89 bits per heavy atom. The van der Waals surface area contributed by atoms with E-state index in [2.05, 4.69) is 15.6 Å². The summed E-state index contributed by atoms with van der Waals surface area (Å²) in [5.41, 5.74) is 0.817. The first kappa shape index (κ1) is 23.2. The molecule has 10 heteroatoms. The Hall–Kier alpha value is -1.79. The quantitative estimate of drug-likeness (QED) is 0.316. The first-order valence-electron chi connectivity index (χ1n) is 7.87. The number of sulfonamides is 1. The monoisotopic (exact) mass is 510 g/mol. The van der Waals surface area contributed by atoms with Crippen LogP contribution in [0.5, 0.6) is 0 Å². The summed E-state index contributed by atoms with van der Waals surface area (Å²) in [6, 6.07) is 9.36. The molecule has 0 fully saturated rings. The average Bonchev–Trinajstić information content (AvgIpc) is 2.59. The van der Waals surface area contributed by atoms with Crippen LogP contribution in [0.25, 0.3) is 0 Å². The van der Waals surface area contributed by atoms with Crippen LogP contribution in [0.15, 0.2) is 52.4 Å². The Balaban J connectivity index is 0.00000364. The summed E-state index contributed by atoms with van der Waals surface area (Å²) < 4.78 is 49.7. The van der Waals surface area contributed by atoms with Crippen LogP contribution in [0.4, 0.5) is 8.78 Å². The van der Waals surface area contributed by atoms with Gasteiger partial charge in [-0.1, -0.05) is 12.1 Å². The molecule has 0 heterocycles. The number of halogens is 3. The SMILES string of the molecule is CCNC(=NCc1cccc(S(N)(=O)=O)c1)NCc1cc(F)ccc1F.I. The summed E-state index contributed by atoms with van der Waals surface area (Å²) in [5.74, 6) is -0.655.